The van der Waals surface area contributed by atoms with Crippen molar-refractivity contribution in [1.82, 2.24) is 14.5 Å². The predicted octanol–water partition coefficient (Wildman–Crippen LogP) is 3.38. The van der Waals surface area contributed by atoms with E-state index in [4.69, 9.17) is 0 Å². The van der Waals surface area contributed by atoms with Crippen LogP contribution in [-0.4, -0.2) is 20.6 Å². The van der Waals surface area contributed by atoms with E-state index in [0.29, 0.717) is 6.04 Å². The predicted molar refractivity (Wildman–Crippen MR) is 86.3 cm³/mol. The molecule has 0 aliphatic heterocycles. The molecule has 0 fully saturated rings. The Morgan fingerprint density at radius 2 is 1.86 bits per heavy atom. The fourth-order valence-electron chi connectivity index (χ4n) is 2.58. The minimum absolute atomic E-state index is 0.364. The van der Waals surface area contributed by atoms with E-state index in [1.54, 1.807) is 6.33 Å². The van der Waals surface area contributed by atoms with Gasteiger partial charge >= 0.3 is 0 Å². The zero-order valence-corrected chi connectivity index (χ0v) is 12.7. The van der Waals surface area contributed by atoms with E-state index in [1.807, 2.05) is 23.9 Å². The van der Waals surface area contributed by atoms with Crippen LogP contribution in [0.15, 0.2) is 48.9 Å². The van der Waals surface area contributed by atoms with Gasteiger partial charge in [0.05, 0.1) is 5.39 Å². The molecule has 2 aromatic heterocycles. The van der Waals surface area contributed by atoms with Crippen LogP contribution in [-0.2, 0) is 13.6 Å². The first kappa shape index (κ1) is 13.6. The monoisotopic (exact) mass is 280 g/mol. The molecule has 0 aliphatic carbocycles. The molecule has 0 bridgehead atoms. The lowest BCUT2D eigenvalue weighted by Gasteiger charge is -2.28. The first-order valence-corrected chi connectivity index (χ1v) is 7.23. The van der Waals surface area contributed by atoms with Gasteiger partial charge in [-0.25, -0.2) is 9.97 Å². The Labute approximate surface area is 125 Å². The van der Waals surface area contributed by atoms with Gasteiger partial charge in [-0.2, -0.15) is 0 Å². The molecule has 0 amide bonds. The van der Waals surface area contributed by atoms with Crippen LogP contribution in [0.25, 0.3) is 11.0 Å². The van der Waals surface area contributed by atoms with E-state index in [-0.39, 0.29) is 0 Å². The van der Waals surface area contributed by atoms with Crippen molar-refractivity contribution in [2.24, 2.45) is 7.05 Å². The van der Waals surface area contributed by atoms with Gasteiger partial charge in [-0.1, -0.05) is 30.3 Å². The van der Waals surface area contributed by atoms with Crippen LogP contribution in [0.2, 0.25) is 0 Å². The van der Waals surface area contributed by atoms with Gasteiger partial charge < -0.3 is 9.47 Å². The van der Waals surface area contributed by atoms with Crippen LogP contribution in [0, 0.1) is 0 Å². The molecule has 0 atom stereocenters. The van der Waals surface area contributed by atoms with Crippen molar-refractivity contribution < 1.29 is 0 Å². The highest BCUT2D eigenvalue weighted by atomic mass is 15.2. The molecule has 0 radical (unpaired) electrons. The zero-order valence-electron chi connectivity index (χ0n) is 12.7. The smallest absolute Gasteiger partial charge is 0.145 e. The Morgan fingerprint density at radius 1 is 1.10 bits per heavy atom. The Bertz CT molecular complexity index is 731. The molecule has 108 valence electrons. The van der Waals surface area contributed by atoms with E-state index < -0.39 is 0 Å². The highest BCUT2D eigenvalue weighted by Gasteiger charge is 2.17. The van der Waals surface area contributed by atoms with Crippen LogP contribution in [0.1, 0.15) is 19.4 Å². The molecule has 4 nitrogen and oxygen atoms in total. The van der Waals surface area contributed by atoms with E-state index in [2.05, 4.69) is 59.0 Å². The van der Waals surface area contributed by atoms with E-state index in [9.17, 15) is 0 Å². The van der Waals surface area contributed by atoms with Crippen LogP contribution >= 0.6 is 0 Å². The third-order valence-corrected chi connectivity index (χ3v) is 3.73. The SMILES string of the molecule is CC(C)N(Cc1ccccc1)c1ncnc2c1ccn2C. The maximum atomic E-state index is 4.54. The number of fused-ring (bicyclic) bond motifs is 1. The number of rotatable bonds is 4. The van der Waals surface area contributed by atoms with E-state index in [0.717, 1.165) is 23.4 Å². The lowest BCUT2D eigenvalue weighted by molar-refractivity contribution is 0.674. The van der Waals surface area contributed by atoms with Gasteiger partial charge in [0, 0.05) is 25.8 Å². The van der Waals surface area contributed by atoms with Crippen LogP contribution in [0.5, 0.6) is 0 Å². The maximum Gasteiger partial charge on any atom is 0.145 e. The topological polar surface area (TPSA) is 34.0 Å². The average Bonchev–Trinajstić information content (AvgIpc) is 2.87. The highest BCUT2D eigenvalue weighted by Crippen LogP contribution is 2.26. The number of anilines is 1. The number of hydrogen-bond donors (Lipinski definition) is 0. The standard InChI is InChI=1S/C17H20N4/c1-13(2)21(11-14-7-5-4-6-8-14)17-15-9-10-20(3)16(15)18-12-19-17/h4-10,12-13H,11H2,1-3H3. The molecule has 1 aromatic carbocycles. The Hall–Kier alpha value is -2.36. The van der Waals surface area contributed by atoms with E-state index >= 15 is 0 Å². The van der Waals surface area contributed by atoms with Gasteiger partial charge in [0.15, 0.2) is 0 Å². The fourth-order valence-corrected chi connectivity index (χ4v) is 2.58. The second kappa shape index (κ2) is 5.56. The quantitative estimate of drug-likeness (QED) is 0.734. The van der Waals surface area contributed by atoms with Crippen molar-refractivity contribution in [2.75, 3.05) is 4.90 Å². The molecule has 0 saturated carbocycles. The van der Waals surface area contributed by atoms with Crippen LogP contribution in [0.4, 0.5) is 5.82 Å². The Kier molecular flexibility index (Phi) is 3.60. The van der Waals surface area contributed by atoms with Crippen molar-refractivity contribution in [2.45, 2.75) is 26.4 Å². The van der Waals surface area contributed by atoms with Gasteiger partial charge in [0.25, 0.3) is 0 Å². The third-order valence-electron chi connectivity index (χ3n) is 3.73. The van der Waals surface area contributed by atoms with Gasteiger partial charge in [-0.3, -0.25) is 0 Å². The van der Waals surface area contributed by atoms with Gasteiger partial charge in [-0.05, 0) is 25.5 Å². The molecule has 0 saturated heterocycles. The maximum absolute atomic E-state index is 4.54. The molecule has 21 heavy (non-hydrogen) atoms. The molecule has 2 heterocycles. The summed E-state index contributed by atoms with van der Waals surface area (Å²) >= 11 is 0. The van der Waals surface area contributed by atoms with Crippen molar-refractivity contribution >= 4 is 16.9 Å². The van der Waals surface area contributed by atoms with Gasteiger partial charge in [0.1, 0.15) is 17.8 Å². The summed E-state index contributed by atoms with van der Waals surface area (Å²) in [5.41, 5.74) is 2.26. The molecule has 0 unspecified atom stereocenters. The fraction of sp³-hybridized carbons (Fsp3) is 0.294. The summed E-state index contributed by atoms with van der Waals surface area (Å²) in [6.45, 7) is 5.24. The summed E-state index contributed by atoms with van der Waals surface area (Å²) in [4.78, 5) is 11.2. The minimum atomic E-state index is 0.364. The summed E-state index contributed by atoms with van der Waals surface area (Å²) < 4.78 is 2.03. The van der Waals surface area contributed by atoms with Gasteiger partial charge in [0.2, 0.25) is 0 Å². The second-order valence-corrected chi connectivity index (χ2v) is 5.57. The molecule has 0 spiro atoms. The lowest BCUT2D eigenvalue weighted by atomic mass is 10.2. The van der Waals surface area contributed by atoms with Crippen LogP contribution < -0.4 is 4.90 Å². The summed E-state index contributed by atoms with van der Waals surface area (Å²) in [7, 11) is 2.01. The zero-order chi connectivity index (χ0) is 14.8. The molecule has 0 N–H and O–H groups in total. The second-order valence-electron chi connectivity index (χ2n) is 5.57. The third kappa shape index (κ3) is 2.61. The normalized spacial score (nSPS) is 11.2. The molecule has 4 heteroatoms. The average molecular weight is 280 g/mol. The van der Waals surface area contributed by atoms with Crippen molar-refractivity contribution in [3.63, 3.8) is 0 Å². The molecular formula is C17H20N4. The molecule has 3 rings (SSSR count). The summed E-state index contributed by atoms with van der Waals surface area (Å²) in [5, 5.41) is 1.10. The highest BCUT2D eigenvalue weighted by molar-refractivity contribution is 5.87. The van der Waals surface area contributed by atoms with Crippen molar-refractivity contribution in [3.05, 3.63) is 54.5 Å². The van der Waals surface area contributed by atoms with Gasteiger partial charge in [-0.15, -0.1) is 0 Å². The number of hydrogen-bond acceptors (Lipinski definition) is 3. The number of aryl methyl sites for hydroxylation is 1. The number of benzene rings is 1. The summed E-state index contributed by atoms with van der Waals surface area (Å²) in [5.74, 6) is 0.999. The first-order chi connectivity index (χ1) is 10.2. The lowest BCUT2D eigenvalue weighted by Crippen LogP contribution is -2.31. The number of nitrogens with zero attached hydrogens (tertiary/aromatic N) is 4. The Balaban J connectivity index is 2.04. The van der Waals surface area contributed by atoms with Crippen molar-refractivity contribution in [1.29, 1.82) is 0 Å². The summed E-state index contributed by atoms with van der Waals surface area (Å²) in [6, 6.07) is 13.0. The summed E-state index contributed by atoms with van der Waals surface area (Å²) in [6.07, 6.45) is 3.68. The largest absolute Gasteiger partial charge is 0.349 e. The molecule has 0 aliphatic rings. The Morgan fingerprint density at radius 3 is 2.57 bits per heavy atom. The van der Waals surface area contributed by atoms with Crippen LogP contribution in [0.3, 0.4) is 0 Å². The minimum Gasteiger partial charge on any atom is -0.349 e. The van der Waals surface area contributed by atoms with E-state index in [1.165, 1.54) is 5.56 Å². The first-order valence-electron chi connectivity index (χ1n) is 7.23. The molecule has 3 aromatic rings. The van der Waals surface area contributed by atoms with Crippen molar-refractivity contribution in [3.8, 4) is 0 Å². The number of aromatic nitrogens is 3. The molecular weight excluding hydrogens is 260 g/mol.